The van der Waals surface area contributed by atoms with Crippen LogP contribution in [0, 0.1) is 0 Å². The number of hydrogen-bond donors (Lipinski definition) is 0. The first-order valence-corrected chi connectivity index (χ1v) is 11.8. The first-order chi connectivity index (χ1) is 2.81. The fourth-order valence-electron chi connectivity index (χ4n) is 0.0364. The molecule has 0 aromatic heterocycles. The first-order valence-electron chi connectivity index (χ1n) is 1.82. The van der Waals surface area contributed by atoms with Crippen molar-refractivity contribution in [2.24, 2.45) is 0 Å². The quantitative estimate of drug-likeness (QED) is 0.553. The first kappa shape index (κ1) is 6.90. The molecule has 0 bridgehead atoms. The second-order valence-electron chi connectivity index (χ2n) is 1.27. The zero-order chi connectivity index (χ0) is 4.99. The molecule has 0 heterocycles. The topological polar surface area (TPSA) is 17.1 Å². The van der Waals surface area contributed by atoms with E-state index < -0.39 is 23.3 Å². The Morgan fingerprint density at radius 3 is 2.50 bits per heavy atom. The van der Waals surface area contributed by atoms with Gasteiger partial charge in [0.15, 0.2) is 0 Å². The summed E-state index contributed by atoms with van der Waals surface area (Å²) < 4.78 is 0.242. The van der Waals surface area contributed by atoms with Crippen LogP contribution in [0.3, 0.4) is 0 Å². The summed E-state index contributed by atoms with van der Waals surface area (Å²) in [5.74, 6) is 0. The predicted octanol–water partition coefficient (Wildman–Crippen LogP) is 1.23. The Balaban J connectivity index is 2.96. The van der Waals surface area contributed by atoms with E-state index in [1.54, 1.807) is 0 Å². The summed E-state index contributed by atoms with van der Waals surface area (Å²) in [5, 5.41) is 0. The summed E-state index contributed by atoms with van der Waals surface area (Å²) in [6.45, 7) is 1.88. The molecule has 0 saturated heterocycles. The van der Waals surface area contributed by atoms with Crippen LogP contribution in [-0.2, 0) is 28.1 Å². The molecule has 0 N–H and O–H groups in total. The number of aldehydes is 1. The van der Waals surface area contributed by atoms with Crippen LogP contribution in [0.2, 0.25) is 3.43 Å². The van der Waals surface area contributed by atoms with Gasteiger partial charge in [-0.2, -0.15) is 0 Å². The van der Waals surface area contributed by atoms with E-state index in [0.717, 1.165) is 6.29 Å². The molecule has 1 nitrogen and oxygen atoms in total. The number of halogens is 1. The average Bonchev–Trinajstić information content (AvgIpc) is 1.65. The van der Waals surface area contributed by atoms with Crippen molar-refractivity contribution < 1.29 is 28.1 Å². The Morgan fingerprint density at radius 1 is 2.00 bits per heavy atom. The van der Waals surface area contributed by atoms with Gasteiger partial charge in [-0.15, -0.1) is 0 Å². The van der Waals surface area contributed by atoms with Gasteiger partial charge in [0.1, 0.15) is 0 Å². The molecule has 0 radical (unpaired) electrons. The van der Waals surface area contributed by atoms with Crippen LogP contribution in [0.15, 0.2) is 0 Å². The zero-order valence-electron chi connectivity index (χ0n) is 3.65. The van der Waals surface area contributed by atoms with Crippen molar-refractivity contribution in [3.05, 3.63) is 0 Å². The third-order valence-electron chi connectivity index (χ3n) is 0.476. The van der Waals surface area contributed by atoms with Crippen LogP contribution in [-0.4, -0.2) is 6.29 Å². The molecule has 0 aromatic carbocycles. The van der Waals surface area contributed by atoms with E-state index in [4.69, 9.17) is 8.25 Å². The fourth-order valence-corrected chi connectivity index (χ4v) is 0.957. The molecule has 3 heteroatoms. The van der Waals surface area contributed by atoms with E-state index in [0.29, 0.717) is 0 Å². The molecule has 0 fully saturated rings. The van der Waals surface area contributed by atoms with Crippen molar-refractivity contribution in [3.8, 4) is 0 Å². The van der Waals surface area contributed by atoms with Crippen LogP contribution in [0.25, 0.3) is 0 Å². The normalized spacial score (nSPS) is 12.3. The Labute approximate surface area is 52.9 Å². The zero-order valence-corrected chi connectivity index (χ0v) is 9.90. The van der Waals surface area contributed by atoms with E-state index in [1.807, 2.05) is 6.92 Å². The summed E-state index contributed by atoms with van der Waals surface area (Å²) in [6.07, 6.45) is 0.939. The third kappa shape index (κ3) is 3.10. The van der Waals surface area contributed by atoms with Crippen molar-refractivity contribution >= 4 is 14.5 Å². The number of carbonyl (C=O) groups excluding carboxylic acids is 1. The molecule has 0 spiro atoms. The van der Waals surface area contributed by atoms with Gasteiger partial charge in [-0.1, -0.05) is 0 Å². The number of carbonyl (C=O) groups is 1. The van der Waals surface area contributed by atoms with Crippen LogP contribution < -0.4 is 0 Å². The van der Waals surface area contributed by atoms with Crippen molar-refractivity contribution in [2.45, 2.75) is 10.4 Å². The molecule has 32 valence electrons. The van der Waals surface area contributed by atoms with Gasteiger partial charge in [-0.3, -0.25) is 0 Å². The molecular weight excluding hydrogens is 288 g/mol. The van der Waals surface area contributed by atoms with Gasteiger partial charge in [0, 0.05) is 0 Å². The summed E-state index contributed by atoms with van der Waals surface area (Å²) in [6, 6.07) is 0. The Hall–Kier alpha value is 0.895. The van der Waals surface area contributed by atoms with E-state index in [-0.39, 0.29) is 3.43 Å². The van der Waals surface area contributed by atoms with E-state index in [2.05, 4.69) is 0 Å². The standard InChI is InChI=1S/C3H5O.ClH.Hg/c1-2-3-4;;/h2-3H,1H3;1H;/q;;+1/p-1. The third-order valence-corrected chi connectivity index (χ3v) is 7.39. The van der Waals surface area contributed by atoms with Gasteiger partial charge in [-0.05, 0) is 0 Å². The molecule has 0 amide bonds. The SMILES string of the molecule is C[CH](C=O)[Hg][Cl]. The van der Waals surface area contributed by atoms with E-state index in [1.165, 1.54) is 0 Å². The fraction of sp³-hybridized carbons (Fsp3) is 0.667. The second-order valence-corrected chi connectivity index (χ2v) is 10.2. The van der Waals surface area contributed by atoms with E-state index in [9.17, 15) is 4.79 Å². The summed E-state index contributed by atoms with van der Waals surface area (Å²) >= 11 is -1.15. The monoisotopic (exact) mass is 294 g/mol. The molecule has 0 aromatic rings. The van der Waals surface area contributed by atoms with Crippen LogP contribution in [0.5, 0.6) is 0 Å². The van der Waals surface area contributed by atoms with Crippen molar-refractivity contribution in [2.75, 3.05) is 0 Å². The molecule has 0 aliphatic heterocycles. The Morgan fingerprint density at radius 2 is 2.50 bits per heavy atom. The molecule has 0 aliphatic rings. The van der Waals surface area contributed by atoms with Crippen molar-refractivity contribution in [1.82, 2.24) is 0 Å². The average molecular weight is 293 g/mol. The minimum atomic E-state index is -1.15. The van der Waals surface area contributed by atoms with Crippen molar-refractivity contribution in [1.29, 1.82) is 0 Å². The number of hydrogen-bond acceptors (Lipinski definition) is 1. The van der Waals surface area contributed by atoms with Gasteiger partial charge in [0.25, 0.3) is 0 Å². The van der Waals surface area contributed by atoms with Crippen LogP contribution >= 0.6 is 8.25 Å². The molecule has 6 heavy (non-hydrogen) atoms. The van der Waals surface area contributed by atoms with Gasteiger partial charge in [-0.25, -0.2) is 0 Å². The molecule has 0 aliphatic carbocycles. The maximum atomic E-state index is 9.71. The molecule has 0 rings (SSSR count). The minimum absolute atomic E-state index is 0.242. The van der Waals surface area contributed by atoms with Gasteiger partial charge < -0.3 is 0 Å². The van der Waals surface area contributed by atoms with Crippen LogP contribution in [0.1, 0.15) is 6.92 Å². The van der Waals surface area contributed by atoms with E-state index >= 15 is 0 Å². The van der Waals surface area contributed by atoms with Gasteiger partial charge in [0.05, 0.1) is 0 Å². The van der Waals surface area contributed by atoms with Crippen LogP contribution in [0.4, 0.5) is 0 Å². The molecular formula is C3H5ClHgO. The van der Waals surface area contributed by atoms with Crippen molar-refractivity contribution in [3.63, 3.8) is 0 Å². The van der Waals surface area contributed by atoms with Gasteiger partial charge in [0.2, 0.25) is 0 Å². The molecule has 1 atom stereocenters. The summed E-state index contributed by atoms with van der Waals surface area (Å²) in [7, 11) is 5.44. The number of rotatable bonds is 2. The Bertz CT molecular complexity index is 48.1. The maximum absolute atomic E-state index is 9.71. The molecule has 0 saturated carbocycles. The summed E-state index contributed by atoms with van der Waals surface area (Å²) in [4.78, 5) is 9.71. The second kappa shape index (κ2) is 4.06. The Kier molecular flexibility index (Phi) is 4.67. The molecule has 1 unspecified atom stereocenters. The summed E-state index contributed by atoms with van der Waals surface area (Å²) in [5.41, 5.74) is 0. The predicted molar refractivity (Wildman–Crippen MR) is 21.3 cm³/mol. The van der Waals surface area contributed by atoms with Gasteiger partial charge >= 0.3 is 53.0 Å².